The van der Waals surface area contributed by atoms with Crippen LogP contribution in [0.25, 0.3) is 10.9 Å². The number of carbonyl (C=O) groups excluding carboxylic acids is 2. The molecule has 1 aliphatic rings. The summed E-state index contributed by atoms with van der Waals surface area (Å²) in [5.74, 6) is -1.01. The number of anilines is 1. The Morgan fingerprint density at radius 3 is 2.26 bits per heavy atom. The van der Waals surface area contributed by atoms with Gasteiger partial charge in [0.05, 0.1) is 16.6 Å². The first-order valence-corrected chi connectivity index (χ1v) is 9.78. The Morgan fingerprint density at radius 2 is 1.58 bits per heavy atom. The number of aryl methyl sites for hydroxylation is 1. The molecule has 2 heterocycles. The second kappa shape index (κ2) is 7.32. The fourth-order valence-corrected chi connectivity index (χ4v) is 3.61. The number of pyridine rings is 1. The van der Waals surface area contributed by atoms with Crippen molar-refractivity contribution in [2.75, 3.05) is 4.90 Å². The lowest BCUT2D eigenvalue weighted by Gasteiger charge is -2.18. The number of ether oxygens (including phenoxy) is 1. The van der Waals surface area contributed by atoms with Crippen LogP contribution in [0, 0.1) is 12.7 Å². The van der Waals surface area contributed by atoms with Crippen molar-refractivity contribution in [2.24, 2.45) is 0 Å². The van der Waals surface area contributed by atoms with Gasteiger partial charge in [0.25, 0.3) is 11.8 Å². The first-order valence-electron chi connectivity index (χ1n) is 9.78. The SMILES string of the molecule is Cc1ccc(COc2cc3cc(F)ccc3nc2N2C(=O)c3ccccc3C2=O)cc1. The lowest BCUT2D eigenvalue weighted by Crippen LogP contribution is -2.30. The molecule has 0 radical (unpaired) electrons. The van der Waals surface area contributed by atoms with E-state index in [-0.39, 0.29) is 18.2 Å². The number of amides is 2. The molecule has 0 fully saturated rings. The number of halogens is 1. The number of nitrogens with zero attached hydrogens (tertiary/aromatic N) is 2. The van der Waals surface area contributed by atoms with Gasteiger partial charge < -0.3 is 4.74 Å². The van der Waals surface area contributed by atoms with Gasteiger partial charge in [0, 0.05) is 5.39 Å². The summed E-state index contributed by atoms with van der Waals surface area (Å²) in [7, 11) is 0. The molecule has 0 saturated heterocycles. The van der Waals surface area contributed by atoms with E-state index in [4.69, 9.17) is 4.74 Å². The van der Waals surface area contributed by atoms with Crippen molar-refractivity contribution in [3.63, 3.8) is 0 Å². The monoisotopic (exact) mass is 412 g/mol. The van der Waals surface area contributed by atoms with Crippen molar-refractivity contribution in [1.82, 2.24) is 4.98 Å². The molecular formula is C25H17FN2O3. The summed E-state index contributed by atoms with van der Waals surface area (Å²) >= 11 is 0. The first kappa shape index (κ1) is 18.9. The Labute approximate surface area is 177 Å². The van der Waals surface area contributed by atoms with Crippen LogP contribution in [0.1, 0.15) is 31.8 Å². The van der Waals surface area contributed by atoms with E-state index in [1.165, 1.54) is 18.2 Å². The molecule has 0 bridgehead atoms. The minimum absolute atomic E-state index is 0.0948. The van der Waals surface area contributed by atoms with Gasteiger partial charge in [-0.1, -0.05) is 42.0 Å². The summed E-state index contributed by atoms with van der Waals surface area (Å²) in [6.45, 7) is 2.20. The zero-order valence-electron chi connectivity index (χ0n) is 16.6. The van der Waals surface area contributed by atoms with Crippen LogP contribution in [0.5, 0.6) is 5.75 Å². The smallest absolute Gasteiger partial charge is 0.267 e. The highest BCUT2D eigenvalue weighted by Crippen LogP contribution is 2.36. The standard InChI is InChI=1S/C25H17FN2O3/c1-15-6-8-16(9-7-15)14-31-22-13-17-12-18(26)10-11-21(17)27-23(22)28-24(29)19-4-2-3-5-20(19)25(28)30/h2-13H,14H2,1H3. The molecule has 152 valence electrons. The molecule has 3 aromatic carbocycles. The largest absolute Gasteiger partial charge is 0.485 e. The maximum Gasteiger partial charge on any atom is 0.267 e. The van der Waals surface area contributed by atoms with Gasteiger partial charge in [0.2, 0.25) is 0 Å². The first-order chi connectivity index (χ1) is 15.0. The molecule has 1 aliphatic heterocycles. The van der Waals surface area contributed by atoms with Crippen LogP contribution in [0.4, 0.5) is 10.2 Å². The number of imide groups is 1. The van der Waals surface area contributed by atoms with Crippen molar-refractivity contribution in [1.29, 1.82) is 0 Å². The summed E-state index contributed by atoms with van der Waals surface area (Å²) in [6, 6.07) is 20.2. The Morgan fingerprint density at radius 1 is 0.903 bits per heavy atom. The average molecular weight is 412 g/mol. The fraction of sp³-hybridized carbons (Fsp3) is 0.0800. The summed E-state index contributed by atoms with van der Waals surface area (Å²) in [4.78, 5) is 31.5. The second-order valence-electron chi connectivity index (χ2n) is 7.41. The van der Waals surface area contributed by atoms with Crippen molar-refractivity contribution >= 4 is 28.5 Å². The number of hydrogen-bond donors (Lipinski definition) is 0. The van der Waals surface area contributed by atoms with E-state index in [0.717, 1.165) is 16.0 Å². The number of hydrogen-bond acceptors (Lipinski definition) is 4. The van der Waals surface area contributed by atoms with Gasteiger partial charge in [-0.05, 0) is 48.9 Å². The number of fused-ring (bicyclic) bond motifs is 2. The molecule has 5 nitrogen and oxygen atoms in total. The molecule has 0 atom stereocenters. The van der Waals surface area contributed by atoms with Gasteiger partial charge in [0.1, 0.15) is 12.4 Å². The zero-order chi connectivity index (χ0) is 21.5. The number of carbonyl (C=O) groups is 2. The maximum atomic E-state index is 13.8. The zero-order valence-corrected chi connectivity index (χ0v) is 16.6. The predicted octanol–water partition coefficient (Wildman–Crippen LogP) is 5.06. The van der Waals surface area contributed by atoms with Gasteiger partial charge in [-0.2, -0.15) is 0 Å². The van der Waals surface area contributed by atoms with Crippen LogP contribution >= 0.6 is 0 Å². The minimum atomic E-state index is -0.463. The third-order valence-electron chi connectivity index (χ3n) is 5.24. The van der Waals surface area contributed by atoms with Gasteiger partial charge in [-0.15, -0.1) is 0 Å². The molecular weight excluding hydrogens is 395 g/mol. The van der Waals surface area contributed by atoms with Crippen molar-refractivity contribution in [2.45, 2.75) is 13.5 Å². The molecule has 6 heteroatoms. The van der Waals surface area contributed by atoms with E-state index >= 15 is 0 Å². The third kappa shape index (κ3) is 3.32. The molecule has 31 heavy (non-hydrogen) atoms. The molecule has 2 amide bonds. The summed E-state index contributed by atoms with van der Waals surface area (Å²) < 4.78 is 19.8. The third-order valence-corrected chi connectivity index (χ3v) is 5.24. The molecule has 5 rings (SSSR count). The van der Waals surface area contributed by atoms with Gasteiger partial charge in [-0.3, -0.25) is 9.59 Å². The van der Waals surface area contributed by atoms with Crippen molar-refractivity contribution in [3.8, 4) is 5.75 Å². The van der Waals surface area contributed by atoms with E-state index < -0.39 is 17.6 Å². The summed E-state index contributed by atoms with van der Waals surface area (Å²) in [5, 5.41) is 0.513. The molecule has 1 aromatic heterocycles. The highest BCUT2D eigenvalue weighted by Gasteiger charge is 2.39. The minimum Gasteiger partial charge on any atom is -0.485 e. The van der Waals surface area contributed by atoms with Crippen molar-refractivity contribution in [3.05, 3.63) is 101 Å². The van der Waals surface area contributed by atoms with E-state index in [0.29, 0.717) is 22.0 Å². The van der Waals surface area contributed by atoms with E-state index in [2.05, 4.69) is 4.98 Å². The van der Waals surface area contributed by atoms with E-state index in [1.54, 1.807) is 30.3 Å². The molecule has 0 unspecified atom stereocenters. The average Bonchev–Trinajstić information content (AvgIpc) is 3.03. The summed E-state index contributed by atoms with van der Waals surface area (Å²) in [6.07, 6.45) is 0. The Kier molecular flexibility index (Phi) is 4.47. The topological polar surface area (TPSA) is 59.5 Å². The van der Waals surface area contributed by atoms with Crippen LogP contribution in [0.3, 0.4) is 0 Å². The van der Waals surface area contributed by atoms with Gasteiger partial charge in [0.15, 0.2) is 11.6 Å². The van der Waals surface area contributed by atoms with Crippen LogP contribution < -0.4 is 9.64 Å². The predicted molar refractivity (Wildman–Crippen MR) is 115 cm³/mol. The molecule has 0 N–H and O–H groups in total. The van der Waals surface area contributed by atoms with Gasteiger partial charge in [-0.25, -0.2) is 14.3 Å². The van der Waals surface area contributed by atoms with Crippen LogP contribution in [-0.4, -0.2) is 16.8 Å². The number of aromatic nitrogens is 1. The van der Waals surface area contributed by atoms with Crippen LogP contribution in [0.2, 0.25) is 0 Å². The van der Waals surface area contributed by atoms with Crippen molar-refractivity contribution < 1.29 is 18.7 Å². The molecule has 0 aliphatic carbocycles. The number of rotatable bonds is 4. The molecule has 0 spiro atoms. The highest BCUT2D eigenvalue weighted by atomic mass is 19.1. The van der Waals surface area contributed by atoms with Gasteiger partial charge >= 0.3 is 0 Å². The normalized spacial score (nSPS) is 13.0. The molecule has 4 aromatic rings. The Balaban J connectivity index is 1.60. The summed E-state index contributed by atoms with van der Waals surface area (Å²) in [5.41, 5.74) is 3.13. The van der Waals surface area contributed by atoms with Crippen LogP contribution in [0.15, 0.2) is 72.8 Å². The molecule has 0 saturated carbocycles. The Hall–Kier alpha value is -4.06. The van der Waals surface area contributed by atoms with E-state index in [9.17, 15) is 14.0 Å². The second-order valence-corrected chi connectivity index (χ2v) is 7.41. The maximum absolute atomic E-state index is 13.8. The number of benzene rings is 3. The lowest BCUT2D eigenvalue weighted by molar-refractivity contribution is 0.0923. The van der Waals surface area contributed by atoms with Crippen LogP contribution in [-0.2, 0) is 6.61 Å². The quantitative estimate of drug-likeness (QED) is 0.440. The van der Waals surface area contributed by atoms with E-state index in [1.807, 2.05) is 31.2 Å². The highest BCUT2D eigenvalue weighted by molar-refractivity contribution is 6.34. The fourth-order valence-electron chi connectivity index (χ4n) is 3.61. The Bertz CT molecular complexity index is 1310. The lowest BCUT2D eigenvalue weighted by atomic mass is 10.1.